The van der Waals surface area contributed by atoms with Crippen molar-refractivity contribution in [3.8, 4) is 0 Å². The second-order valence-electron chi connectivity index (χ2n) is 5.80. The van der Waals surface area contributed by atoms with Crippen molar-refractivity contribution in [1.29, 1.82) is 0 Å². The van der Waals surface area contributed by atoms with Gasteiger partial charge in [-0.3, -0.25) is 9.80 Å². The Balaban J connectivity index is 1.60. The van der Waals surface area contributed by atoms with Gasteiger partial charge < -0.3 is 5.11 Å². The fourth-order valence-electron chi connectivity index (χ4n) is 3.23. The lowest BCUT2D eigenvalue weighted by molar-refractivity contribution is 0.0116. The van der Waals surface area contributed by atoms with E-state index in [-0.39, 0.29) is 0 Å². The van der Waals surface area contributed by atoms with Crippen molar-refractivity contribution < 1.29 is 5.11 Å². The minimum absolute atomic E-state index is 0.310. The van der Waals surface area contributed by atoms with Crippen LogP contribution in [0.4, 0.5) is 0 Å². The Morgan fingerprint density at radius 1 is 1.32 bits per heavy atom. The molecular formula is C15H24N2OS. The van der Waals surface area contributed by atoms with Gasteiger partial charge in [-0.05, 0) is 30.7 Å². The zero-order chi connectivity index (χ0) is 13.1. The third-order valence-corrected chi connectivity index (χ3v) is 5.49. The van der Waals surface area contributed by atoms with Crippen molar-refractivity contribution in [2.24, 2.45) is 0 Å². The molecule has 0 spiro atoms. The molecule has 19 heavy (non-hydrogen) atoms. The van der Waals surface area contributed by atoms with Gasteiger partial charge in [-0.25, -0.2) is 0 Å². The van der Waals surface area contributed by atoms with Crippen LogP contribution in [0.1, 0.15) is 30.6 Å². The second kappa shape index (κ2) is 6.35. The number of aliphatic hydroxyl groups excluding tert-OH is 1. The summed E-state index contributed by atoms with van der Waals surface area (Å²) in [5.74, 6) is 0. The number of nitrogens with zero attached hydrogens (tertiary/aromatic N) is 2. The van der Waals surface area contributed by atoms with Crippen LogP contribution in [-0.2, 0) is 6.54 Å². The standard InChI is InChI=1S/C15H24N2OS/c18-9-6-14-11-16(13-3-1-4-13)7-8-17(14)12-15-5-2-10-19-15/h2,5,10,13-14,18H,1,3-4,6-9,11-12H2/t14-/m0/s1. The van der Waals surface area contributed by atoms with E-state index in [1.807, 2.05) is 11.3 Å². The molecule has 0 radical (unpaired) electrons. The summed E-state index contributed by atoms with van der Waals surface area (Å²) in [6, 6.07) is 5.72. The molecule has 0 amide bonds. The summed E-state index contributed by atoms with van der Waals surface area (Å²) in [6.45, 7) is 4.87. The van der Waals surface area contributed by atoms with Gasteiger partial charge in [-0.1, -0.05) is 12.5 Å². The highest BCUT2D eigenvalue weighted by Crippen LogP contribution is 2.28. The molecule has 1 saturated carbocycles. The first-order valence-electron chi connectivity index (χ1n) is 7.48. The molecule has 106 valence electrons. The highest BCUT2D eigenvalue weighted by Gasteiger charge is 2.32. The number of hydrogen-bond donors (Lipinski definition) is 1. The molecule has 2 heterocycles. The topological polar surface area (TPSA) is 26.7 Å². The van der Waals surface area contributed by atoms with E-state index in [0.29, 0.717) is 12.6 Å². The van der Waals surface area contributed by atoms with Crippen LogP contribution in [0.15, 0.2) is 17.5 Å². The normalized spacial score (nSPS) is 26.5. The molecule has 2 aliphatic rings. The molecule has 3 nitrogen and oxygen atoms in total. The minimum atomic E-state index is 0.310. The predicted octanol–water partition coefficient (Wildman–Crippen LogP) is 2.17. The van der Waals surface area contributed by atoms with Crippen LogP contribution in [0.2, 0.25) is 0 Å². The Bertz CT molecular complexity index is 378. The summed E-state index contributed by atoms with van der Waals surface area (Å²) in [7, 11) is 0. The molecule has 1 aliphatic heterocycles. The van der Waals surface area contributed by atoms with Crippen LogP contribution in [0.5, 0.6) is 0 Å². The molecule has 4 heteroatoms. The molecule has 0 aromatic carbocycles. The number of piperazine rings is 1. The summed E-state index contributed by atoms with van der Waals surface area (Å²) < 4.78 is 0. The summed E-state index contributed by atoms with van der Waals surface area (Å²) >= 11 is 1.84. The van der Waals surface area contributed by atoms with Gasteiger partial charge >= 0.3 is 0 Å². The Morgan fingerprint density at radius 2 is 2.21 bits per heavy atom. The number of aliphatic hydroxyl groups is 1. The Morgan fingerprint density at radius 3 is 2.84 bits per heavy atom. The molecule has 1 aromatic heterocycles. The molecule has 1 saturated heterocycles. The zero-order valence-electron chi connectivity index (χ0n) is 11.5. The highest BCUT2D eigenvalue weighted by molar-refractivity contribution is 7.09. The van der Waals surface area contributed by atoms with E-state index in [4.69, 9.17) is 0 Å². The highest BCUT2D eigenvalue weighted by atomic mass is 32.1. The lowest BCUT2D eigenvalue weighted by Crippen LogP contribution is -2.56. The van der Waals surface area contributed by atoms with E-state index in [2.05, 4.69) is 27.3 Å². The first-order chi connectivity index (χ1) is 9.36. The first-order valence-corrected chi connectivity index (χ1v) is 8.36. The first kappa shape index (κ1) is 13.6. The molecule has 1 atom stereocenters. The summed E-state index contributed by atoms with van der Waals surface area (Å²) in [5.41, 5.74) is 0. The maximum Gasteiger partial charge on any atom is 0.0446 e. The maximum absolute atomic E-state index is 9.32. The van der Waals surface area contributed by atoms with Crippen molar-refractivity contribution >= 4 is 11.3 Å². The quantitative estimate of drug-likeness (QED) is 0.895. The van der Waals surface area contributed by atoms with Crippen LogP contribution >= 0.6 is 11.3 Å². The fraction of sp³-hybridized carbons (Fsp3) is 0.733. The number of hydrogen-bond acceptors (Lipinski definition) is 4. The molecule has 1 aliphatic carbocycles. The third kappa shape index (κ3) is 3.19. The van der Waals surface area contributed by atoms with Crippen LogP contribution in [0.3, 0.4) is 0 Å². The van der Waals surface area contributed by atoms with Gasteiger partial charge in [0, 0.05) is 49.7 Å². The van der Waals surface area contributed by atoms with Crippen molar-refractivity contribution in [3.63, 3.8) is 0 Å². The second-order valence-corrected chi connectivity index (χ2v) is 6.83. The summed E-state index contributed by atoms with van der Waals surface area (Å²) in [4.78, 5) is 6.67. The van der Waals surface area contributed by atoms with E-state index in [9.17, 15) is 5.11 Å². The molecular weight excluding hydrogens is 256 g/mol. The average Bonchev–Trinajstić information content (AvgIpc) is 2.83. The van der Waals surface area contributed by atoms with E-state index in [0.717, 1.165) is 32.1 Å². The van der Waals surface area contributed by atoms with Crippen LogP contribution in [-0.4, -0.2) is 53.2 Å². The Kier molecular flexibility index (Phi) is 4.53. The lowest BCUT2D eigenvalue weighted by Gasteiger charge is -2.47. The molecule has 1 aromatic rings. The molecule has 0 unspecified atom stereocenters. The van der Waals surface area contributed by atoms with Crippen LogP contribution in [0, 0.1) is 0 Å². The smallest absolute Gasteiger partial charge is 0.0446 e. The lowest BCUT2D eigenvalue weighted by atomic mass is 9.90. The van der Waals surface area contributed by atoms with E-state index in [1.165, 1.54) is 30.7 Å². The third-order valence-electron chi connectivity index (χ3n) is 4.63. The maximum atomic E-state index is 9.32. The SMILES string of the molecule is OCC[C@H]1CN(C2CCC2)CCN1Cc1cccs1. The molecule has 2 fully saturated rings. The van der Waals surface area contributed by atoms with Crippen LogP contribution in [0.25, 0.3) is 0 Å². The van der Waals surface area contributed by atoms with Gasteiger partial charge in [0.2, 0.25) is 0 Å². The minimum Gasteiger partial charge on any atom is -0.396 e. The number of thiophene rings is 1. The predicted molar refractivity (Wildman–Crippen MR) is 79.4 cm³/mol. The van der Waals surface area contributed by atoms with Crippen LogP contribution < -0.4 is 0 Å². The van der Waals surface area contributed by atoms with Gasteiger partial charge in [0.1, 0.15) is 0 Å². The summed E-state index contributed by atoms with van der Waals surface area (Å²) in [5, 5.41) is 11.5. The van der Waals surface area contributed by atoms with Gasteiger partial charge in [0.25, 0.3) is 0 Å². The van der Waals surface area contributed by atoms with Gasteiger partial charge in [-0.2, -0.15) is 0 Å². The van der Waals surface area contributed by atoms with Crippen molar-refractivity contribution in [2.75, 3.05) is 26.2 Å². The van der Waals surface area contributed by atoms with E-state index < -0.39 is 0 Å². The van der Waals surface area contributed by atoms with E-state index in [1.54, 1.807) is 0 Å². The molecule has 0 bridgehead atoms. The van der Waals surface area contributed by atoms with Gasteiger partial charge in [0.15, 0.2) is 0 Å². The van der Waals surface area contributed by atoms with E-state index >= 15 is 0 Å². The van der Waals surface area contributed by atoms with Crippen molar-refractivity contribution in [3.05, 3.63) is 22.4 Å². The number of rotatable bonds is 5. The largest absolute Gasteiger partial charge is 0.396 e. The monoisotopic (exact) mass is 280 g/mol. The fourth-order valence-corrected chi connectivity index (χ4v) is 3.96. The van der Waals surface area contributed by atoms with Crippen molar-refractivity contribution in [1.82, 2.24) is 9.80 Å². The van der Waals surface area contributed by atoms with Crippen molar-refractivity contribution in [2.45, 2.75) is 44.3 Å². The Labute approximate surface area is 119 Å². The summed E-state index contributed by atoms with van der Waals surface area (Å²) in [6.07, 6.45) is 5.09. The average molecular weight is 280 g/mol. The van der Waals surface area contributed by atoms with Gasteiger partial charge in [-0.15, -0.1) is 11.3 Å². The molecule has 1 N–H and O–H groups in total. The molecule has 3 rings (SSSR count). The zero-order valence-corrected chi connectivity index (χ0v) is 12.3. The Hall–Kier alpha value is -0.420. The van der Waals surface area contributed by atoms with Gasteiger partial charge in [0.05, 0.1) is 0 Å².